The first kappa shape index (κ1) is 27.0. The number of carbonyl (C=O) groups is 1. The molecular weight excluding hydrogens is 464 g/mol. The number of carbonyl (C=O) groups excluding carboxylic acids is 1. The van der Waals surface area contributed by atoms with Gasteiger partial charge in [0.1, 0.15) is 0 Å². The number of rotatable bonds is 7. The molecule has 3 nitrogen and oxygen atoms in total. The van der Waals surface area contributed by atoms with Crippen LogP contribution in [0.1, 0.15) is 114 Å². The molecule has 36 heavy (non-hydrogen) atoms. The third-order valence-electron chi connectivity index (χ3n) is 8.61. The standard InChI is InChI=1S/C32H45ClN2O/c1-22(2)29-14-9-15-30(23(3)4)31(29)34-32(36)35(21-24-10-8-13-27(33)20-24)28-18-16-26(17-19-28)25-11-6-5-7-12-25/h8-10,13-15,20,22-23,25-26,28H,5-7,11-12,16-19,21H2,1-4H3,(H,34,36). The lowest BCUT2D eigenvalue weighted by Gasteiger charge is -2.40. The summed E-state index contributed by atoms with van der Waals surface area (Å²) in [5.41, 5.74) is 4.50. The van der Waals surface area contributed by atoms with E-state index in [0.29, 0.717) is 18.4 Å². The Morgan fingerprint density at radius 1 is 0.861 bits per heavy atom. The topological polar surface area (TPSA) is 32.3 Å². The Hall–Kier alpha value is -2.00. The summed E-state index contributed by atoms with van der Waals surface area (Å²) < 4.78 is 0. The molecular formula is C32H45ClN2O. The molecule has 0 unspecified atom stereocenters. The molecule has 0 heterocycles. The monoisotopic (exact) mass is 508 g/mol. The predicted octanol–water partition coefficient (Wildman–Crippen LogP) is 9.76. The zero-order valence-corrected chi connectivity index (χ0v) is 23.5. The third kappa shape index (κ3) is 6.65. The molecule has 2 fully saturated rings. The van der Waals surface area contributed by atoms with Crippen molar-refractivity contribution in [2.75, 3.05) is 5.32 Å². The van der Waals surface area contributed by atoms with Gasteiger partial charge in [-0.05, 0) is 78.2 Å². The van der Waals surface area contributed by atoms with E-state index >= 15 is 0 Å². The number of amides is 2. The van der Waals surface area contributed by atoms with E-state index in [1.54, 1.807) is 0 Å². The van der Waals surface area contributed by atoms with Gasteiger partial charge in [0.25, 0.3) is 0 Å². The van der Waals surface area contributed by atoms with Crippen LogP contribution in [0.4, 0.5) is 10.5 Å². The zero-order chi connectivity index (χ0) is 25.7. The van der Waals surface area contributed by atoms with E-state index in [2.05, 4.69) is 62.2 Å². The Bertz CT molecular complexity index is 977. The normalized spacial score (nSPS) is 21.1. The summed E-state index contributed by atoms with van der Waals surface area (Å²) in [7, 11) is 0. The highest BCUT2D eigenvalue weighted by Gasteiger charge is 2.33. The second-order valence-corrected chi connectivity index (χ2v) is 12.2. The Kier molecular flexibility index (Phi) is 9.39. The third-order valence-corrected chi connectivity index (χ3v) is 8.84. The van der Waals surface area contributed by atoms with E-state index in [4.69, 9.17) is 11.6 Å². The average molecular weight is 509 g/mol. The average Bonchev–Trinajstić information content (AvgIpc) is 2.88. The number of hydrogen-bond donors (Lipinski definition) is 1. The van der Waals surface area contributed by atoms with E-state index in [1.165, 1.54) is 56.1 Å². The lowest BCUT2D eigenvalue weighted by atomic mass is 9.72. The molecule has 0 radical (unpaired) electrons. The Morgan fingerprint density at radius 2 is 1.44 bits per heavy atom. The maximum atomic E-state index is 14.0. The molecule has 0 atom stereocenters. The maximum absolute atomic E-state index is 14.0. The molecule has 1 N–H and O–H groups in total. The molecule has 0 saturated heterocycles. The number of hydrogen-bond acceptors (Lipinski definition) is 1. The van der Waals surface area contributed by atoms with Gasteiger partial charge in [0, 0.05) is 23.3 Å². The number of nitrogens with zero attached hydrogens (tertiary/aromatic N) is 1. The SMILES string of the molecule is CC(C)c1cccc(C(C)C)c1NC(=O)N(Cc1cccc(Cl)c1)C1CCC(C2CCCCC2)CC1. The van der Waals surface area contributed by atoms with Crippen LogP contribution in [0, 0.1) is 11.8 Å². The molecule has 0 bridgehead atoms. The van der Waals surface area contributed by atoms with E-state index < -0.39 is 0 Å². The molecule has 2 aromatic carbocycles. The van der Waals surface area contributed by atoms with Crippen LogP contribution in [0.15, 0.2) is 42.5 Å². The van der Waals surface area contributed by atoms with Gasteiger partial charge in [-0.25, -0.2) is 4.79 Å². The number of benzene rings is 2. The summed E-state index contributed by atoms with van der Waals surface area (Å²) in [5, 5.41) is 4.13. The van der Waals surface area contributed by atoms with Gasteiger partial charge in [-0.3, -0.25) is 0 Å². The summed E-state index contributed by atoms with van der Waals surface area (Å²) in [6.45, 7) is 9.39. The molecule has 4 rings (SSSR count). The first-order valence-electron chi connectivity index (χ1n) is 14.3. The van der Waals surface area contributed by atoms with Gasteiger partial charge in [0.15, 0.2) is 0 Å². The van der Waals surface area contributed by atoms with Crippen LogP contribution in [0.3, 0.4) is 0 Å². The minimum Gasteiger partial charge on any atom is -0.317 e. The molecule has 4 heteroatoms. The van der Waals surface area contributed by atoms with Crippen molar-refractivity contribution >= 4 is 23.3 Å². The highest BCUT2D eigenvalue weighted by atomic mass is 35.5. The lowest BCUT2D eigenvalue weighted by Crippen LogP contribution is -2.45. The van der Waals surface area contributed by atoms with Crippen LogP contribution in [0.25, 0.3) is 0 Å². The van der Waals surface area contributed by atoms with Crippen LogP contribution < -0.4 is 5.32 Å². The van der Waals surface area contributed by atoms with Crippen LogP contribution >= 0.6 is 11.6 Å². The van der Waals surface area contributed by atoms with Crippen LogP contribution in [0.5, 0.6) is 0 Å². The van der Waals surface area contributed by atoms with Gasteiger partial charge in [0.2, 0.25) is 0 Å². The Labute approximate surface area is 224 Å². The second kappa shape index (κ2) is 12.5. The Balaban J connectivity index is 1.56. The molecule has 0 aromatic heterocycles. The minimum atomic E-state index is 0.0195. The van der Waals surface area contributed by atoms with Crippen molar-refractivity contribution in [2.24, 2.45) is 11.8 Å². The van der Waals surface area contributed by atoms with E-state index in [-0.39, 0.29) is 12.1 Å². The van der Waals surface area contributed by atoms with E-state index in [0.717, 1.165) is 41.0 Å². The number of nitrogens with one attached hydrogen (secondary N) is 1. The van der Waals surface area contributed by atoms with Crippen LogP contribution in [-0.2, 0) is 6.54 Å². The largest absolute Gasteiger partial charge is 0.322 e. The van der Waals surface area contributed by atoms with Crippen molar-refractivity contribution in [2.45, 2.75) is 110 Å². The smallest absolute Gasteiger partial charge is 0.317 e. The highest BCUT2D eigenvalue weighted by molar-refractivity contribution is 6.30. The van der Waals surface area contributed by atoms with Crippen molar-refractivity contribution in [1.82, 2.24) is 4.90 Å². The molecule has 0 spiro atoms. The summed E-state index contributed by atoms with van der Waals surface area (Å²) >= 11 is 6.32. The molecule has 2 amide bonds. The van der Waals surface area contributed by atoms with Crippen molar-refractivity contribution in [1.29, 1.82) is 0 Å². The van der Waals surface area contributed by atoms with Gasteiger partial charge >= 0.3 is 6.03 Å². The number of halogens is 1. The first-order chi connectivity index (χ1) is 17.3. The van der Waals surface area contributed by atoms with Gasteiger partial charge < -0.3 is 10.2 Å². The van der Waals surface area contributed by atoms with Crippen molar-refractivity contribution in [3.8, 4) is 0 Å². The quantitative estimate of drug-likeness (QED) is 0.396. The van der Waals surface area contributed by atoms with Crippen LogP contribution in [0.2, 0.25) is 5.02 Å². The zero-order valence-electron chi connectivity index (χ0n) is 22.7. The fraction of sp³-hybridized carbons (Fsp3) is 0.594. The van der Waals surface area contributed by atoms with Gasteiger partial charge in [-0.1, -0.05) is 102 Å². The van der Waals surface area contributed by atoms with Gasteiger partial charge in [-0.2, -0.15) is 0 Å². The van der Waals surface area contributed by atoms with Crippen molar-refractivity contribution in [3.63, 3.8) is 0 Å². The van der Waals surface area contributed by atoms with Crippen molar-refractivity contribution < 1.29 is 4.79 Å². The number of anilines is 1. The maximum Gasteiger partial charge on any atom is 0.322 e. The molecule has 2 aromatic rings. The lowest BCUT2D eigenvalue weighted by molar-refractivity contribution is 0.120. The fourth-order valence-corrected chi connectivity index (χ4v) is 6.78. The summed E-state index contributed by atoms with van der Waals surface area (Å²) in [5.74, 6) is 2.42. The number of urea groups is 1. The highest BCUT2D eigenvalue weighted by Crippen LogP contribution is 2.40. The van der Waals surface area contributed by atoms with Crippen molar-refractivity contribution in [3.05, 3.63) is 64.2 Å². The second-order valence-electron chi connectivity index (χ2n) is 11.8. The molecule has 2 aliphatic rings. The molecule has 0 aliphatic heterocycles. The van der Waals surface area contributed by atoms with Crippen LogP contribution in [-0.4, -0.2) is 17.0 Å². The molecule has 196 valence electrons. The first-order valence-corrected chi connectivity index (χ1v) is 14.7. The fourth-order valence-electron chi connectivity index (χ4n) is 6.56. The summed E-state index contributed by atoms with van der Waals surface area (Å²) in [6.07, 6.45) is 11.7. The summed E-state index contributed by atoms with van der Waals surface area (Å²) in [6, 6.07) is 14.7. The molecule has 2 aliphatic carbocycles. The van der Waals surface area contributed by atoms with Gasteiger partial charge in [0.05, 0.1) is 0 Å². The van der Waals surface area contributed by atoms with Gasteiger partial charge in [-0.15, -0.1) is 0 Å². The Morgan fingerprint density at radius 3 is 2.03 bits per heavy atom. The van der Waals surface area contributed by atoms with E-state index in [9.17, 15) is 4.79 Å². The number of para-hydroxylation sites is 1. The predicted molar refractivity (Wildman–Crippen MR) is 153 cm³/mol. The molecule has 2 saturated carbocycles. The van der Waals surface area contributed by atoms with E-state index in [1.807, 2.05) is 18.2 Å². The summed E-state index contributed by atoms with van der Waals surface area (Å²) in [4.78, 5) is 16.1. The minimum absolute atomic E-state index is 0.0195.